The van der Waals surface area contributed by atoms with Gasteiger partial charge in [-0.15, -0.1) is 11.6 Å². The summed E-state index contributed by atoms with van der Waals surface area (Å²) in [5, 5.41) is 0. The SMILES string of the molecule is CCCCCCN(CCCCCC)C(=O)C(C)(C)CCl. The predicted molar refractivity (Wildman–Crippen MR) is 89.4 cm³/mol. The molecule has 0 rings (SSSR count). The van der Waals surface area contributed by atoms with Crippen molar-refractivity contribution >= 4 is 17.5 Å². The monoisotopic (exact) mass is 303 g/mol. The molecule has 0 spiro atoms. The number of halogens is 1. The minimum Gasteiger partial charge on any atom is -0.342 e. The summed E-state index contributed by atoms with van der Waals surface area (Å²) in [7, 11) is 0. The number of carbonyl (C=O) groups excluding carboxylic acids is 1. The highest BCUT2D eigenvalue weighted by atomic mass is 35.5. The first-order valence-corrected chi connectivity index (χ1v) is 8.88. The lowest BCUT2D eigenvalue weighted by Crippen LogP contribution is -2.43. The summed E-state index contributed by atoms with van der Waals surface area (Å²) in [4.78, 5) is 14.6. The number of carbonyl (C=O) groups is 1. The maximum atomic E-state index is 12.6. The second-order valence-corrected chi connectivity index (χ2v) is 6.70. The highest BCUT2D eigenvalue weighted by Gasteiger charge is 2.30. The van der Waals surface area contributed by atoms with E-state index in [4.69, 9.17) is 11.6 Å². The van der Waals surface area contributed by atoms with Gasteiger partial charge in [0.1, 0.15) is 0 Å². The van der Waals surface area contributed by atoms with Crippen molar-refractivity contribution in [1.29, 1.82) is 0 Å². The molecule has 0 aromatic heterocycles. The summed E-state index contributed by atoms with van der Waals surface area (Å²) in [5.74, 6) is 0.618. The van der Waals surface area contributed by atoms with Gasteiger partial charge in [0, 0.05) is 19.0 Å². The van der Waals surface area contributed by atoms with Crippen LogP contribution in [0.2, 0.25) is 0 Å². The lowest BCUT2D eigenvalue weighted by molar-refractivity contribution is -0.139. The van der Waals surface area contributed by atoms with E-state index in [1.807, 2.05) is 18.7 Å². The summed E-state index contributed by atoms with van der Waals surface area (Å²) < 4.78 is 0. The van der Waals surface area contributed by atoms with E-state index in [1.54, 1.807) is 0 Å². The van der Waals surface area contributed by atoms with Crippen LogP contribution >= 0.6 is 11.6 Å². The minimum atomic E-state index is -0.433. The van der Waals surface area contributed by atoms with Crippen molar-refractivity contribution in [2.45, 2.75) is 79.1 Å². The van der Waals surface area contributed by atoms with Crippen LogP contribution in [0, 0.1) is 5.41 Å². The van der Waals surface area contributed by atoms with Gasteiger partial charge in [0.25, 0.3) is 0 Å². The van der Waals surface area contributed by atoms with Crippen LogP contribution in [-0.4, -0.2) is 29.8 Å². The number of hydrogen-bond acceptors (Lipinski definition) is 1. The Labute approximate surface area is 131 Å². The predicted octanol–water partition coefficient (Wildman–Crippen LogP) is 5.24. The lowest BCUT2D eigenvalue weighted by Gasteiger charge is -2.31. The zero-order valence-corrected chi connectivity index (χ0v) is 14.8. The van der Waals surface area contributed by atoms with Gasteiger partial charge in [-0.25, -0.2) is 0 Å². The molecule has 0 saturated carbocycles. The molecule has 0 aromatic carbocycles. The maximum absolute atomic E-state index is 12.6. The van der Waals surface area contributed by atoms with Crippen LogP contribution in [-0.2, 0) is 4.79 Å². The summed E-state index contributed by atoms with van der Waals surface area (Å²) in [6.07, 6.45) is 9.66. The average molecular weight is 304 g/mol. The molecule has 0 fully saturated rings. The first-order valence-electron chi connectivity index (χ1n) is 8.35. The second kappa shape index (κ2) is 11.4. The number of nitrogens with zero attached hydrogens (tertiary/aromatic N) is 1. The van der Waals surface area contributed by atoms with Crippen LogP contribution < -0.4 is 0 Å². The van der Waals surface area contributed by atoms with Crippen molar-refractivity contribution < 1.29 is 4.79 Å². The quantitative estimate of drug-likeness (QED) is 0.356. The van der Waals surface area contributed by atoms with Crippen molar-refractivity contribution in [3.05, 3.63) is 0 Å². The Kier molecular flexibility index (Phi) is 11.3. The number of unbranched alkanes of at least 4 members (excludes halogenated alkanes) is 6. The average Bonchev–Trinajstić information content (AvgIpc) is 2.45. The smallest absolute Gasteiger partial charge is 0.229 e. The molecule has 0 heterocycles. The zero-order valence-electron chi connectivity index (χ0n) is 14.0. The van der Waals surface area contributed by atoms with E-state index < -0.39 is 5.41 Å². The third kappa shape index (κ3) is 8.14. The van der Waals surface area contributed by atoms with Gasteiger partial charge < -0.3 is 4.90 Å². The Morgan fingerprint density at radius 2 is 1.35 bits per heavy atom. The molecule has 0 aliphatic heterocycles. The van der Waals surface area contributed by atoms with Crippen molar-refractivity contribution in [3.63, 3.8) is 0 Å². The first kappa shape index (κ1) is 19.8. The van der Waals surface area contributed by atoms with Crippen molar-refractivity contribution in [1.82, 2.24) is 4.90 Å². The lowest BCUT2D eigenvalue weighted by atomic mass is 9.94. The van der Waals surface area contributed by atoms with Crippen LogP contribution in [0.3, 0.4) is 0 Å². The van der Waals surface area contributed by atoms with Crippen LogP contribution in [0.1, 0.15) is 79.1 Å². The van der Waals surface area contributed by atoms with Crippen LogP contribution in [0.4, 0.5) is 0 Å². The molecule has 1 amide bonds. The van der Waals surface area contributed by atoms with Gasteiger partial charge in [0.15, 0.2) is 0 Å². The number of amides is 1. The Balaban J connectivity index is 4.33. The second-order valence-electron chi connectivity index (χ2n) is 6.43. The Bertz CT molecular complexity index is 241. The molecule has 0 aliphatic carbocycles. The third-order valence-corrected chi connectivity index (χ3v) is 4.43. The number of alkyl halides is 1. The summed E-state index contributed by atoms with van der Waals surface area (Å²) in [6, 6.07) is 0. The standard InChI is InChI=1S/C17H34ClNO/c1-5-7-9-11-13-19(14-12-10-8-6-2)16(20)17(3,4)15-18/h5-15H2,1-4H3. The Morgan fingerprint density at radius 3 is 1.70 bits per heavy atom. The van der Waals surface area contributed by atoms with E-state index in [0.29, 0.717) is 5.88 Å². The largest absolute Gasteiger partial charge is 0.342 e. The number of hydrogen-bond donors (Lipinski definition) is 0. The highest BCUT2D eigenvalue weighted by molar-refractivity contribution is 6.19. The van der Waals surface area contributed by atoms with E-state index in [0.717, 1.165) is 25.9 Å². The molecule has 0 unspecified atom stereocenters. The Morgan fingerprint density at radius 1 is 0.900 bits per heavy atom. The Hall–Kier alpha value is -0.240. The minimum absolute atomic E-state index is 0.223. The van der Waals surface area contributed by atoms with Gasteiger partial charge in [-0.05, 0) is 26.7 Å². The van der Waals surface area contributed by atoms with E-state index in [-0.39, 0.29) is 5.91 Å². The fraction of sp³-hybridized carbons (Fsp3) is 0.941. The van der Waals surface area contributed by atoms with Crippen LogP contribution in [0.25, 0.3) is 0 Å². The van der Waals surface area contributed by atoms with Gasteiger partial charge in [0.2, 0.25) is 5.91 Å². The summed E-state index contributed by atoms with van der Waals surface area (Å²) >= 11 is 5.95. The van der Waals surface area contributed by atoms with E-state index in [2.05, 4.69) is 13.8 Å². The van der Waals surface area contributed by atoms with Gasteiger partial charge in [0.05, 0.1) is 5.41 Å². The normalized spacial score (nSPS) is 11.7. The van der Waals surface area contributed by atoms with Crippen LogP contribution in [0.15, 0.2) is 0 Å². The molecule has 3 heteroatoms. The fourth-order valence-electron chi connectivity index (χ4n) is 2.26. The molecule has 0 aromatic rings. The molecular weight excluding hydrogens is 270 g/mol. The molecule has 0 atom stereocenters. The third-order valence-electron chi connectivity index (χ3n) is 3.76. The van der Waals surface area contributed by atoms with E-state index in [9.17, 15) is 4.79 Å². The molecule has 0 aliphatic rings. The molecule has 0 N–H and O–H groups in total. The highest BCUT2D eigenvalue weighted by Crippen LogP contribution is 2.21. The van der Waals surface area contributed by atoms with Crippen molar-refractivity contribution in [2.24, 2.45) is 5.41 Å². The topological polar surface area (TPSA) is 20.3 Å². The molecule has 0 radical (unpaired) electrons. The summed E-state index contributed by atoms with van der Waals surface area (Å²) in [5.41, 5.74) is -0.433. The maximum Gasteiger partial charge on any atom is 0.229 e. The summed E-state index contributed by atoms with van der Waals surface area (Å²) in [6.45, 7) is 10.1. The van der Waals surface area contributed by atoms with Gasteiger partial charge in [-0.2, -0.15) is 0 Å². The molecule has 0 bridgehead atoms. The van der Waals surface area contributed by atoms with Crippen molar-refractivity contribution in [3.8, 4) is 0 Å². The molecular formula is C17H34ClNO. The molecule has 20 heavy (non-hydrogen) atoms. The first-order chi connectivity index (χ1) is 9.49. The van der Waals surface area contributed by atoms with E-state index >= 15 is 0 Å². The zero-order chi connectivity index (χ0) is 15.4. The molecule has 0 saturated heterocycles. The van der Waals surface area contributed by atoms with Gasteiger partial charge in [-0.1, -0.05) is 52.4 Å². The molecule has 120 valence electrons. The number of rotatable bonds is 12. The van der Waals surface area contributed by atoms with Gasteiger partial charge in [-0.3, -0.25) is 4.79 Å². The molecule has 2 nitrogen and oxygen atoms in total. The van der Waals surface area contributed by atoms with Crippen molar-refractivity contribution in [2.75, 3.05) is 19.0 Å². The fourth-order valence-corrected chi connectivity index (χ4v) is 2.37. The van der Waals surface area contributed by atoms with Crippen LogP contribution in [0.5, 0.6) is 0 Å². The van der Waals surface area contributed by atoms with E-state index in [1.165, 1.54) is 38.5 Å². The van der Waals surface area contributed by atoms with Gasteiger partial charge >= 0.3 is 0 Å².